The number of hydrogen-bond acceptors (Lipinski definition) is 2. The van der Waals surface area contributed by atoms with Crippen LogP contribution >= 0.6 is 22.6 Å². The molecule has 0 aromatic heterocycles. The number of carbonyl (C=O) groups excluding carboxylic acids is 1. The molecule has 0 N–H and O–H groups in total. The second kappa shape index (κ2) is 5.37. The van der Waals surface area contributed by atoms with E-state index >= 15 is 0 Å². The van der Waals surface area contributed by atoms with Crippen molar-refractivity contribution in [1.82, 2.24) is 0 Å². The molecule has 1 aromatic carbocycles. The summed E-state index contributed by atoms with van der Waals surface area (Å²) >= 11 is 2.23. The molecule has 1 aliphatic heterocycles. The average molecular weight is 342 g/mol. The second-order valence-electron chi connectivity index (χ2n) is 3.96. The molecule has 0 spiro atoms. The number of rotatable bonds is 3. The van der Waals surface area contributed by atoms with Gasteiger partial charge >= 0.3 is 0 Å². The highest BCUT2D eigenvalue weighted by Crippen LogP contribution is 2.25. The molecule has 1 aliphatic rings. The molecule has 5 nitrogen and oxygen atoms in total. The molecule has 0 aliphatic carbocycles. The Morgan fingerprint density at radius 1 is 1.47 bits per heavy atom. The molecule has 1 amide bonds. The van der Waals surface area contributed by atoms with Crippen LogP contribution in [0.1, 0.15) is 6.42 Å². The number of azide groups is 1. The van der Waals surface area contributed by atoms with Gasteiger partial charge in [-0.1, -0.05) is 5.11 Å². The van der Waals surface area contributed by atoms with Crippen molar-refractivity contribution in [2.24, 2.45) is 11.0 Å². The van der Waals surface area contributed by atoms with Crippen LogP contribution < -0.4 is 4.90 Å². The monoisotopic (exact) mass is 342 g/mol. The van der Waals surface area contributed by atoms with Gasteiger partial charge < -0.3 is 4.90 Å². The van der Waals surface area contributed by atoms with E-state index in [0.717, 1.165) is 9.26 Å². The summed E-state index contributed by atoms with van der Waals surface area (Å²) in [4.78, 5) is 16.3. The molecule has 1 atom stereocenters. The Labute approximate surface area is 113 Å². The second-order valence-corrected chi connectivity index (χ2v) is 5.21. The lowest BCUT2D eigenvalue weighted by molar-refractivity contribution is -0.117. The summed E-state index contributed by atoms with van der Waals surface area (Å²) < 4.78 is 1.14. The quantitative estimate of drug-likeness (QED) is 0.360. The van der Waals surface area contributed by atoms with E-state index in [1.165, 1.54) is 0 Å². The van der Waals surface area contributed by atoms with Crippen molar-refractivity contribution in [3.05, 3.63) is 38.3 Å². The van der Waals surface area contributed by atoms with E-state index in [9.17, 15) is 4.79 Å². The van der Waals surface area contributed by atoms with Crippen molar-refractivity contribution in [3.8, 4) is 0 Å². The van der Waals surface area contributed by atoms with Crippen LogP contribution in [0.4, 0.5) is 5.69 Å². The van der Waals surface area contributed by atoms with Crippen LogP contribution in [0.5, 0.6) is 0 Å². The van der Waals surface area contributed by atoms with Gasteiger partial charge in [-0.2, -0.15) is 0 Å². The van der Waals surface area contributed by atoms with E-state index < -0.39 is 0 Å². The SMILES string of the molecule is [N-]=[N+]=NCC1CC(=O)N(c2ccc(I)cc2)C1. The first-order valence-electron chi connectivity index (χ1n) is 5.27. The van der Waals surface area contributed by atoms with E-state index in [4.69, 9.17) is 5.53 Å². The van der Waals surface area contributed by atoms with Gasteiger partial charge in [0.2, 0.25) is 5.91 Å². The van der Waals surface area contributed by atoms with Gasteiger partial charge in [-0.3, -0.25) is 4.79 Å². The van der Waals surface area contributed by atoms with Gasteiger partial charge in [0.25, 0.3) is 0 Å². The number of hydrogen-bond donors (Lipinski definition) is 0. The molecule has 1 fully saturated rings. The maximum atomic E-state index is 11.8. The molecule has 0 saturated carbocycles. The lowest BCUT2D eigenvalue weighted by Crippen LogP contribution is -2.24. The Morgan fingerprint density at radius 2 is 2.18 bits per heavy atom. The third-order valence-electron chi connectivity index (χ3n) is 2.75. The van der Waals surface area contributed by atoms with Gasteiger partial charge in [0.1, 0.15) is 0 Å². The van der Waals surface area contributed by atoms with Crippen LogP contribution in [0.25, 0.3) is 10.4 Å². The first-order chi connectivity index (χ1) is 8.20. The highest BCUT2D eigenvalue weighted by Gasteiger charge is 2.29. The molecular formula is C11H11IN4O. The number of anilines is 1. The Balaban J connectivity index is 2.10. The van der Waals surface area contributed by atoms with Crippen molar-refractivity contribution < 1.29 is 4.79 Å². The Hall–Kier alpha value is -1.27. The molecule has 1 aromatic rings. The van der Waals surface area contributed by atoms with E-state index in [1.54, 1.807) is 4.90 Å². The molecule has 2 rings (SSSR count). The first kappa shape index (κ1) is 12.2. The van der Waals surface area contributed by atoms with Gasteiger partial charge in [-0.15, -0.1) is 0 Å². The Kier molecular flexibility index (Phi) is 3.86. The van der Waals surface area contributed by atoms with Gasteiger partial charge in [0, 0.05) is 33.7 Å². The fraction of sp³-hybridized carbons (Fsp3) is 0.364. The largest absolute Gasteiger partial charge is 0.312 e. The highest BCUT2D eigenvalue weighted by atomic mass is 127. The summed E-state index contributed by atoms with van der Waals surface area (Å²) in [6.07, 6.45) is 0.463. The summed E-state index contributed by atoms with van der Waals surface area (Å²) in [5, 5.41) is 3.53. The van der Waals surface area contributed by atoms with Gasteiger partial charge in [0.15, 0.2) is 0 Å². The number of benzene rings is 1. The molecular weight excluding hydrogens is 331 g/mol. The predicted octanol–water partition coefficient (Wildman–Crippen LogP) is 2.95. The maximum absolute atomic E-state index is 11.8. The molecule has 0 bridgehead atoms. The average Bonchev–Trinajstić information content (AvgIpc) is 2.69. The van der Waals surface area contributed by atoms with E-state index in [1.807, 2.05) is 24.3 Å². The lowest BCUT2D eigenvalue weighted by atomic mass is 10.1. The summed E-state index contributed by atoms with van der Waals surface area (Å²) in [5.74, 6) is 0.238. The molecule has 88 valence electrons. The first-order valence-corrected chi connectivity index (χ1v) is 6.35. The molecule has 17 heavy (non-hydrogen) atoms. The van der Waals surface area contributed by atoms with Crippen molar-refractivity contribution in [3.63, 3.8) is 0 Å². The topological polar surface area (TPSA) is 69.1 Å². The number of halogens is 1. The van der Waals surface area contributed by atoms with Gasteiger partial charge in [-0.25, -0.2) is 0 Å². The molecule has 1 saturated heterocycles. The van der Waals surface area contributed by atoms with Crippen molar-refractivity contribution >= 4 is 34.2 Å². The maximum Gasteiger partial charge on any atom is 0.227 e. The predicted molar refractivity (Wildman–Crippen MR) is 73.6 cm³/mol. The minimum atomic E-state index is 0.101. The number of nitrogens with zero attached hydrogens (tertiary/aromatic N) is 4. The zero-order valence-electron chi connectivity index (χ0n) is 9.08. The van der Waals surface area contributed by atoms with Crippen molar-refractivity contribution in [2.45, 2.75) is 6.42 Å². The fourth-order valence-corrected chi connectivity index (χ4v) is 2.29. The minimum Gasteiger partial charge on any atom is -0.312 e. The van der Waals surface area contributed by atoms with E-state index in [2.05, 4.69) is 32.6 Å². The molecule has 0 radical (unpaired) electrons. The van der Waals surface area contributed by atoms with Crippen molar-refractivity contribution in [1.29, 1.82) is 0 Å². The summed E-state index contributed by atoms with van der Waals surface area (Å²) in [7, 11) is 0. The Bertz CT molecular complexity index is 467. The van der Waals surface area contributed by atoms with E-state index in [-0.39, 0.29) is 11.8 Å². The van der Waals surface area contributed by atoms with Crippen LogP contribution in [0.2, 0.25) is 0 Å². The van der Waals surface area contributed by atoms with Crippen LogP contribution in [0, 0.1) is 9.49 Å². The normalized spacial score (nSPS) is 19.2. The lowest BCUT2D eigenvalue weighted by Gasteiger charge is -2.16. The van der Waals surface area contributed by atoms with Crippen LogP contribution in [-0.2, 0) is 4.79 Å². The summed E-state index contributed by atoms with van der Waals surface area (Å²) in [6.45, 7) is 1.03. The zero-order chi connectivity index (χ0) is 12.3. The molecule has 1 unspecified atom stereocenters. The van der Waals surface area contributed by atoms with E-state index in [0.29, 0.717) is 19.5 Å². The molecule has 1 heterocycles. The highest BCUT2D eigenvalue weighted by molar-refractivity contribution is 14.1. The van der Waals surface area contributed by atoms with Gasteiger partial charge in [0.05, 0.1) is 0 Å². The third kappa shape index (κ3) is 2.89. The number of carbonyl (C=O) groups is 1. The summed E-state index contributed by atoms with van der Waals surface area (Å²) in [5.41, 5.74) is 9.18. The molecule has 6 heteroatoms. The zero-order valence-corrected chi connectivity index (χ0v) is 11.2. The smallest absolute Gasteiger partial charge is 0.227 e. The number of amides is 1. The van der Waals surface area contributed by atoms with Gasteiger partial charge in [-0.05, 0) is 58.3 Å². The Morgan fingerprint density at radius 3 is 2.82 bits per heavy atom. The third-order valence-corrected chi connectivity index (χ3v) is 3.47. The standard InChI is InChI=1S/C11H11IN4O/c12-9-1-3-10(4-2-9)16-7-8(5-11(16)17)6-14-15-13/h1-4,8H,5-7H2. The van der Waals surface area contributed by atoms with Crippen LogP contribution in [0.15, 0.2) is 29.4 Å². The fourth-order valence-electron chi connectivity index (χ4n) is 1.93. The minimum absolute atomic E-state index is 0.101. The van der Waals surface area contributed by atoms with Crippen molar-refractivity contribution in [2.75, 3.05) is 18.0 Å². The van der Waals surface area contributed by atoms with Crippen LogP contribution in [-0.4, -0.2) is 19.0 Å². The summed E-state index contributed by atoms with van der Waals surface area (Å²) in [6, 6.07) is 7.83. The van der Waals surface area contributed by atoms with Crippen LogP contribution in [0.3, 0.4) is 0 Å².